The first-order valence-electron chi connectivity index (χ1n) is 17.2. The Morgan fingerprint density at radius 1 is 0.731 bits per heavy atom. The number of esters is 2. The van der Waals surface area contributed by atoms with Gasteiger partial charge in [0.2, 0.25) is 5.91 Å². The number of alkyl carbamates (subject to hydrolysis) is 2. The average molecular weight is 716 g/mol. The van der Waals surface area contributed by atoms with Crippen molar-refractivity contribution in [3.8, 4) is 0 Å². The monoisotopic (exact) mass is 715 g/mol. The maximum Gasteiger partial charge on any atom is 0.408 e. The zero-order chi connectivity index (χ0) is 37.8. The molecule has 278 valence electrons. The van der Waals surface area contributed by atoms with Crippen LogP contribution in [0.4, 0.5) is 9.59 Å². The second-order valence-electron chi connectivity index (χ2n) is 12.9. The van der Waals surface area contributed by atoms with Crippen molar-refractivity contribution in [3.63, 3.8) is 0 Å². The lowest BCUT2D eigenvalue weighted by molar-refractivity contribution is -0.157. The van der Waals surface area contributed by atoms with Crippen LogP contribution >= 0.6 is 0 Å². The van der Waals surface area contributed by atoms with Crippen LogP contribution in [0.25, 0.3) is 0 Å². The van der Waals surface area contributed by atoms with E-state index in [2.05, 4.69) is 17.2 Å². The Balaban J connectivity index is 1.74. The molecule has 12 heteroatoms. The molecule has 0 saturated heterocycles. The molecule has 2 N–H and O–H groups in total. The highest BCUT2D eigenvalue weighted by molar-refractivity contribution is 5.92. The summed E-state index contributed by atoms with van der Waals surface area (Å²) in [4.78, 5) is 67.3. The van der Waals surface area contributed by atoms with E-state index < -0.39 is 54.1 Å². The van der Waals surface area contributed by atoms with Crippen LogP contribution in [0.1, 0.15) is 63.1 Å². The van der Waals surface area contributed by atoms with Crippen LogP contribution in [0, 0.1) is 0 Å². The van der Waals surface area contributed by atoms with Gasteiger partial charge in [0.05, 0.1) is 6.42 Å². The predicted molar refractivity (Wildman–Crippen MR) is 194 cm³/mol. The Morgan fingerprint density at radius 2 is 1.25 bits per heavy atom. The number of amides is 3. The molecule has 2 atom stereocenters. The summed E-state index contributed by atoms with van der Waals surface area (Å²) in [6.45, 7) is 8.97. The lowest BCUT2D eigenvalue weighted by atomic mass is 10.0. The Bertz CT molecular complexity index is 1580. The van der Waals surface area contributed by atoms with E-state index in [4.69, 9.17) is 18.9 Å². The first-order valence-corrected chi connectivity index (χ1v) is 17.2. The Kier molecular flexibility index (Phi) is 16.9. The van der Waals surface area contributed by atoms with Crippen molar-refractivity contribution in [1.82, 2.24) is 15.5 Å². The topological polar surface area (TPSA) is 150 Å². The molecule has 0 aromatic heterocycles. The summed E-state index contributed by atoms with van der Waals surface area (Å²) >= 11 is 0. The fourth-order valence-electron chi connectivity index (χ4n) is 4.98. The highest BCUT2D eigenvalue weighted by Gasteiger charge is 2.36. The molecule has 0 fully saturated rings. The molecule has 0 saturated carbocycles. The summed E-state index contributed by atoms with van der Waals surface area (Å²) < 4.78 is 21.7. The predicted octanol–water partition coefficient (Wildman–Crippen LogP) is 6.24. The van der Waals surface area contributed by atoms with Crippen LogP contribution in [-0.4, -0.2) is 65.7 Å². The molecule has 0 heterocycles. The van der Waals surface area contributed by atoms with E-state index in [0.29, 0.717) is 12.8 Å². The van der Waals surface area contributed by atoms with Crippen molar-refractivity contribution < 1.29 is 42.9 Å². The van der Waals surface area contributed by atoms with Crippen molar-refractivity contribution >= 4 is 30.0 Å². The maximum absolute atomic E-state index is 14.3. The SMILES string of the molecule is C=CCN(C(=O)[C@H](CC(=O)OCc1ccccc1)NC(=O)OC(C)(C)C)[C@H](CCCCNC(=O)OCc1ccccc1)C(=O)OCc1ccccc1. The molecule has 52 heavy (non-hydrogen) atoms. The quantitative estimate of drug-likeness (QED) is 0.0637. The second-order valence-corrected chi connectivity index (χ2v) is 12.9. The summed E-state index contributed by atoms with van der Waals surface area (Å²) in [5.41, 5.74) is 1.45. The van der Waals surface area contributed by atoms with Crippen LogP contribution in [0.5, 0.6) is 0 Å². The van der Waals surface area contributed by atoms with Gasteiger partial charge in [0.1, 0.15) is 37.5 Å². The van der Waals surface area contributed by atoms with Gasteiger partial charge in [-0.2, -0.15) is 0 Å². The zero-order valence-electron chi connectivity index (χ0n) is 30.1. The number of nitrogens with one attached hydrogen (secondary N) is 2. The first kappa shape index (κ1) is 40.8. The van der Waals surface area contributed by atoms with E-state index in [9.17, 15) is 24.0 Å². The van der Waals surface area contributed by atoms with Crippen molar-refractivity contribution in [1.29, 1.82) is 0 Å². The number of ether oxygens (including phenoxy) is 4. The molecule has 0 aliphatic rings. The van der Waals surface area contributed by atoms with Crippen molar-refractivity contribution in [2.24, 2.45) is 0 Å². The van der Waals surface area contributed by atoms with Gasteiger partial charge in [0.15, 0.2) is 0 Å². The van der Waals surface area contributed by atoms with E-state index >= 15 is 0 Å². The molecule has 0 unspecified atom stereocenters. The molecule has 3 rings (SSSR count). The van der Waals surface area contributed by atoms with Crippen molar-refractivity contribution in [2.45, 2.75) is 84.0 Å². The second kappa shape index (κ2) is 21.5. The molecular formula is C40H49N3O9. The number of unbranched alkanes of at least 4 members (excludes halogenated alkanes) is 1. The van der Waals surface area contributed by atoms with Gasteiger partial charge in [0, 0.05) is 13.1 Å². The molecule has 12 nitrogen and oxygen atoms in total. The fourth-order valence-corrected chi connectivity index (χ4v) is 4.98. The van der Waals surface area contributed by atoms with Gasteiger partial charge < -0.3 is 34.5 Å². The van der Waals surface area contributed by atoms with E-state index in [-0.39, 0.29) is 39.3 Å². The summed E-state index contributed by atoms with van der Waals surface area (Å²) in [5.74, 6) is -2.16. The van der Waals surface area contributed by atoms with Crippen LogP contribution < -0.4 is 10.6 Å². The van der Waals surface area contributed by atoms with Crippen molar-refractivity contribution in [3.05, 3.63) is 120 Å². The molecule has 0 bridgehead atoms. The minimum Gasteiger partial charge on any atom is -0.461 e. The van der Waals surface area contributed by atoms with Gasteiger partial charge in [-0.1, -0.05) is 97.1 Å². The highest BCUT2D eigenvalue weighted by Crippen LogP contribution is 2.17. The van der Waals surface area contributed by atoms with E-state index in [1.54, 1.807) is 57.2 Å². The first-order chi connectivity index (χ1) is 24.9. The minimum absolute atomic E-state index is 0.0352. The highest BCUT2D eigenvalue weighted by atomic mass is 16.6. The molecule has 0 aliphatic heterocycles. The van der Waals surface area contributed by atoms with Crippen LogP contribution in [0.2, 0.25) is 0 Å². The lowest BCUT2D eigenvalue weighted by Crippen LogP contribution is -2.55. The van der Waals surface area contributed by atoms with Crippen LogP contribution in [-0.2, 0) is 53.2 Å². The smallest absolute Gasteiger partial charge is 0.408 e. The summed E-state index contributed by atoms with van der Waals surface area (Å²) in [6.07, 6.45) is 0.400. The van der Waals surface area contributed by atoms with E-state index in [1.165, 1.54) is 11.0 Å². The molecule has 0 aliphatic carbocycles. The molecule has 0 radical (unpaired) electrons. The maximum atomic E-state index is 14.3. The largest absolute Gasteiger partial charge is 0.461 e. The average Bonchev–Trinajstić information content (AvgIpc) is 3.13. The van der Waals surface area contributed by atoms with Gasteiger partial charge in [-0.25, -0.2) is 14.4 Å². The third kappa shape index (κ3) is 15.5. The number of rotatable bonds is 19. The number of benzene rings is 3. The molecular weight excluding hydrogens is 666 g/mol. The molecule has 0 spiro atoms. The van der Waals surface area contributed by atoms with Crippen molar-refractivity contribution in [2.75, 3.05) is 13.1 Å². The van der Waals surface area contributed by atoms with Gasteiger partial charge in [0.25, 0.3) is 0 Å². The van der Waals surface area contributed by atoms with Crippen LogP contribution in [0.3, 0.4) is 0 Å². The Labute approximate surface area is 305 Å². The Morgan fingerprint density at radius 3 is 1.77 bits per heavy atom. The van der Waals surface area contributed by atoms with Crippen LogP contribution in [0.15, 0.2) is 104 Å². The zero-order valence-corrected chi connectivity index (χ0v) is 30.1. The third-order valence-corrected chi connectivity index (χ3v) is 7.47. The normalized spacial score (nSPS) is 12.0. The molecule has 3 aromatic carbocycles. The van der Waals surface area contributed by atoms with Gasteiger partial charge >= 0.3 is 24.1 Å². The number of carbonyl (C=O) groups is 5. The summed E-state index contributed by atoms with van der Waals surface area (Å²) in [6, 6.07) is 24.8. The molecule has 3 aromatic rings. The Hall–Kier alpha value is -5.65. The summed E-state index contributed by atoms with van der Waals surface area (Å²) in [5, 5.41) is 5.20. The number of hydrogen-bond donors (Lipinski definition) is 2. The number of nitrogens with zero attached hydrogens (tertiary/aromatic N) is 1. The number of carbonyl (C=O) groups excluding carboxylic acids is 5. The molecule has 3 amide bonds. The lowest BCUT2D eigenvalue weighted by Gasteiger charge is -2.33. The fraction of sp³-hybridized carbons (Fsp3) is 0.375. The summed E-state index contributed by atoms with van der Waals surface area (Å²) in [7, 11) is 0. The third-order valence-electron chi connectivity index (χ3n) is 7.47. The van der Waals surface area contributed by atoms with E-state index in [1.807, 2.05) is 54.6 Å². The number of hydrogen-bond acceptors (Lipinski definition) is 9. The van der Waals surface area contributed by atoms with Gasteiger partial charge in [-0.3, -0.25) is 9.59 Å². The van der Waals surface area contributed by atoms with Gasteiger partial charge in [-0.05, 0) is 56.7 Å². The van der Waals surface area contributed by atoms with Gasteiger partial charge in [-0.15, -0.1) is 6.58 Å². The standard InChI is InChI=1S/C40H49N3O9/c1-5-25-43(36(45)33(42-39(48)52-40(2,3)4)26-35(44)49-27-30-17-9-6-10-18-30)34(37(46)50-28-31-19-11-7-12-20-31)23-15-16-24-41-38(47)51-29-32-21-13-8-14-22-32/h5-14,17-22,33-34H,1,15-16,23-29H2,2-4H3,(H,41,47)(H,42,48)/t33-,34+/m0/s1. The minimum atomic E-state index is -1.44. The van der Waals surface area contributed by atoms with E-state index in [0.717, 1.165) is 16.7 Å².